The second kappa shape index (κ2) is 7.07. The first-order valence-corrected chi connectivity index (χ1v) is 5.47. The number of halogens is 3. The molecule has 0 fully saturated rings. The molecule has 0 aliphatic carbocycles. The fourth-order valence-corrected chi connectivity index (χ4v) is 1.09. The lowest BCUT2D eigenvalue weighted by Gasteiger charge is -2.18. The highest BCUT2D eigenvalue weighted by molar-refractivity contribution is 5.76. The molecule has 0 heterocycles. The first kappa shape index (κ1) is 16.5. The Balaban J connectivity index is 3.81. The summed E-state index contributed by atoms with van der Waals surface area (Å²) < 4.78 is 35.4. The van der Waals surface area contributed by atoms with Gasteiger partial charge >= 0.3 is 18.2 Å². The lowest BCUT2D eigenvalue weighted by atomic mass is 10.0. The highest BCUT2D eigenvalue weighted by Crippen LogP contribution is 2.20. The number of hydrogen-bond donors (Lipinski definition) is 3. The molecular formula is C10H17F3N2O3. The number of urea groups is 1. The Bertz CT molecular complexity index is 295. The van der Waals surface area contributed by atoms with E-state index in [-0.39, 0.29) is 13.0 Å². The van der Waals surface area contributed by atoms with Gasteiger partial charge in [-0.15, -0.1) is 0 Å². The molecule has 0 spiro atoms. The first-order chi connectivity index (χ1) is 8.13. The van der Waals surface area contributed by atoms with Crippen LogP contribution in [-0.4, -0.2) is 35.9 Å². The van der Waals surface area contributed by atoms with Crippen LogP contribution in [0.15, 0.2) is 0 Å². The molecule has 0 saturated heterocycles. The van der Waals surface area contributed by atoms with Crippen LogP contribution in [0.3, 0.4) is 0 Å². The lowest BCUT2D eigenvalue weighted by molar-refractivity contribution is -0.141. The van der Waals surface area contributed by atoms with E-state index in [1.54, 1.807) is 0 Å². The van der Waals surface area contributed by atoms with Gasteiger partial charge in [0.1, 0.15) is 0 Å². The van der Waals surface area contributed by atoms with Crippen LogP contribution >= 0.6 is 0 Å². The molecule has 18 heavy (non-hydrogen) atoms. The summed E-state index contributed by atoms with van der Waals surface area (Å²) in [6, 6.07) is -1.28. The third-order valence-corrected chi connectivity index (χ3v) is 2.42. The van der Waals surface area contributed by atoms with E-state index in [9.17, 15) is 22.8 Å². The number of nitrogens with one attached hydrogen (secondary N) is 2. The Hall–Kier alpha value is -1.47. The van der Waals surface area contributed by atoms with Crippen LogP contribution < -0.4 is 10.6 Å². The summed E-state index contributed by atoms with van der Waals surface area (Å²) in [7, 11) is 0. The molecule has 106 valence electrons. The Morgan fingerprint density at radius 2 is 1.83 bits per heavy atom. The van der Waals surface area contributed by atoms with E-state index in [1.807, 2.05) is 0 Å². The molecule has 2 unspecified atom stereocenters. The summed E-state index contributed by atoms with van der Waals surface area (Å²) >= 11 is 0. The van der Waals surface area contributed by atoms with Crippen LogP contribution in [0.4, 0.5) is 18.0 Å². The number of amides is 2. The highest BCUT2D eigenvalue weighted by Gasteiger charge is 2.26. The number of carbonyl (C=O) groups excluding carboxylic acids is 1. The van der Waals surface area contributed by atoms with Gasteiger partial charge in [-0.05, 0) is 20.3 Å². The zero-order valence-corrected chi connectivity index (χ0v) is 10.2. The lowest BCUT2D eigenvalue weighted by Crippen LogP contribution is -2.45. The average molecular weight is 270 g/mol. The summed E-state index contributed by atoms with van der Waals surface area (Å²) in [6.45, 7) is 2.82. The number of hydrogen-bond acceptors (Lipinski definition) is 2. The molecule has 0 radical (unpaired) electrons. The number of carboxylic acid groups (broad SMARTS) is 1. The van der Waals surface area contributed by atoms with Gasteiger partial charge in [0.25, 0.3) is 0 Å². The molecule has 8 heteroatoms. The molecule has 0 aliphatic heterocycles. The van der Waals surface area contributed by atoms with Crippen LogP contribution in [0, 0.1) is 5.92 Å². The average Bonchev–Trinajstić information content (AvgIpc) is 2.21. The highest BCUT2D eigenvalue weighted by atomic mass is 19.4. The van der Waals surface area contributed by atoms with Crippen LogP contribution in [-0.2, 0) is 4.79 Å². The Morgan fingerprint density at radius 3 is 2.28 bits per heavy atom. The number of carbonyl (C=O) groups is 2. The predicted molar refractivity (Wildman–Crippen MR) is 58.1 cm³/mol. The van der Waals surface area contributed by atoms with E-state index in [0.717, 1.165) is 0 Å². The van der Waals surface area contributed by atoms with Crippen molar-refractivity contribution in [1.82, 2.24) is 10.6 Å². The maximum atomic E-state index is 11.8. The van der Waals surface area contributed by atoms with Crippen LogP contribution in [0.2, 0.25) is 0 Å². The maximum Gasteiger partial charge on any atom is 0.389 e. The molecule has 0 aromatic carbocycles. The molecule has 0 bridgehead atoms. The Labute approximate surface area is 103 Å². The number of alkyl halides is 3. The van der Waals surface area contributed by atoms with Gasteiger partial charge in [0, 0.05) is 19.0 Å². The van der Waals surface area contributed by atoms with Gasteiger partial charge in [0.05, 0.1) is 5.92 Å². The maximum absolute atomic E-state index is 11.8. The van der Waals surface area contributed by atoms with E-state index in [2.05, 4.69) is 10.6 Å². The molecule has 0 aliphatic rings. The van der Waals surface area contributed by atoms with Crippen molar-refractivity contribution in [3.05, 3.63) is 0 Å². The molecular weight excluding hydrogens is 253 g/mol. The minimum absolute atomic E-state index is 0.112. The number of aliphatic carboxylic acids is 1. The smallest absolute Gasteiger partial charge is 0.389 e. The van der Waals surface area contributed by atoms with Crippen LogP contribution in [0.25, 0.3) is 0 Å². The summed E-state index contributed by atoms with van der Waals surface area (Å²) in [5.41, 5.74) is 0. The zero-order valence-electron chi connectivity index (χ0n) is 10.2. The van der Waals surface area contributed by atoms with Crippen molar-refractivity contribution >= 4 is 12.0 Å². The van der Waals surface area contributed by atoms with Gasteiger partial charge in [-0.1, -0.05) is 0 Å². The number of carboxylic acids is 1. The van der Waals surface area contributed by atoms with E-state index in [0.29, 0.717) is 0 Å². The summed E-state index contributed by atoms with van der Waals surface area (Å²) in [5, 5.41) is 13.3. The Morgan fingerprint density at radius 1 is 1.28 bits per heavy atom. The predicted octanol–water partition coefficient (Wildman–Crippen LogP) is 1.74. The molecule has 2 atom stereocenters. The van der Waals surface area contributed by atoms with Crippen molar-refractivity contribution in [1.29, 1.82) is 0 Å². The van der Waals surface area contributed by atoms with E-state index in [4.69, 9.17) is 5.11 Å². The van der Waals surface area contributed by atoms with Gasteiger partial charge in [-0.3, -0.25) is 4.79 Å². The SMILES string of the molecule is CC(NC(=O)NCCCC(F)(F)F)C(C)C(=O)O. The monoisotopic (exact) mass is 270 g/mol. The van der Waals surface area contributed by atoms with Crippen molar-refractivity contribution in [2.45, 2.75) is 38.9 Å². The van der Waals surface area contributed by atoms with Crippen molar-refractivity contribution in [3.8, 4) is 0 Å². The normalized spacial score (nSPS) is 14.7. The van der Waals surface area contributed by atoms with Crippen molar-refractivity contribution in [2.24, 2.45) is 5.92 Å². The standard InChI is InChI=1S/C10H17F3N2O3/c1-6(8(16)17)7(2)15-9(18)14-5-3-4-10(11,12)13/h6-7H,3-5H2,1-2H3,(H,16,17)(H2,14,15,18). The van der Waals surface area contributed by atoms with Crippen molar-refractivity contribution in [2.75, 3.05) is 6.54 Å². The van der Waals surface area contributed by atoms with E-state index < -0.39 is 36.6 Å². The molecule has 0 saturated carbocycles. The fraction of sp³-hybridized carbons (Fsp3) is 0.800. The van der Waals surface area contributed by atoms with E-state index in [1.165, 1.54) is 13.8 Å². The van der Waals surface area contributed by atoms with Gasteiger partial charge < -0.3 is 15.7 Å². The summed E-state index contributed by atoms with van der Waals surface area (Å²) in [6.07, 6.45) is -5.41. The van der Waals surface area contributed by atoms with Gasteiger partial charge in [0.2, 0.25) is 0 Å². The molecule has 0 aromatic heterocycles. The van der Waals surface area contributed by atoms with E-state index >= 15 is 0 Å². The second-order valence-electron chi connectivity index (χ2n) is 4.03. The number of rotatable bonds is 6. The Kier molecular flexibility index (Phi) is 6.50. The zero-order chi connectivity index (χ0) is 14.3. The third kappa shape index (κ3) is 7.75. The second-order valence-corrected chi connectivity index (χ2v) is 4.03. The molecule has 2 amide bonds. The minimum atomic E-state index is -4.23. The molecule has 3 N–H and O–H groups in total. The van der Waals surface area contributed by atoms with Crippen LogP contribution in [0.1, 0.15) is 26.7 Å². The quantitative estimate of drug-likeness (QED) is 0.643. The van der Waals surface area contributed by atoms with Gasteiger partial charge in [-0.25, -0.2) is 4.79 Å². The summed E-state index contributed by atoms with van der Waals surface area (Å²) in [4.78, 5) is 21.8. The fourth-order valence-electron chi connectivity index (χ4n) is 1.09. The summed E-state index contributed by atoms with van der Waals surface area (Å²) in [5.74, 6) is -1.83. The third-order valence-electron chi connectivity index (χ3n) is 2.42. The van der Waals surface area contributed by atoms with Crippen molar-refractivity contribution < 1.29 is 27.9 Å². The largest absolute Gasteiger partial charge is 0.481 e. The first-order valence-electron chi connectivity index (χ1n) is 5.47. The molecule has 5 nitrogen and oxygen atoms in total. The molecule has 0 aromatic rings. The van der Waals surface area contributed by atoms with Crippen LogP contribution in [0.5, 0.6) is 0 Å². The topological polar surface area (TPSA) is 78.4 Å². The minimum Gasteiger partial charge on any atom is -0.481 e. The van der Waals surface area contributed by atoms with Gasteiger partial charge in [0.15, 0.2) is 0 Å². The van der Waals surface area contributed by atoms with Gasteiger partial charge in [-0.2, -0.15) is 13.2 Å². The molecule has 0 rings (SSSR count). The van der Waals surface area contributed by atoms with Crippen molar-refractivity contribution in [3.63, 3.8) is 0 Å².